The van der Waals surface area contributed by atoms with Crippen molar-refractivity contribution in [3.8, 4) is 17.8 Å². The Morgan fingerprint density at radius 2 is 1.65 bits per heavy atom. The van der Waals surface area contributed by atoms with Crippen molar-refractivity contribution in [3.05, 3.63) is 83.1 Å². The minimum absolute atomic E-state index is 0.0449. The van der Waals surface area contributed by atoms with Crippen LogP contribution in [0.15, 0.2) is 66.2 Å². The predicted octanol–water partition coefficient (Wildman–Crippen LogP) is 4.22. The molecule has 0 aliphatic carbocycles. The van der Waals surface area contributed by atoms with E-state index in [1.807, 2.05) is 79.7 Å². The van der Waals surface area contributed by atoms with Crippen molar-refractivity contribution in [2.75, 3.05) is 5.32 Å². The van der Waals surface area contributed by atoms with E-state index in [0.29, 0.717) is 6.54 Å². The highest BCUT2D eigenvalue weighted by molar-refractivity contribution is 5.73. The summed E-state index contributed by atoms with van der Waals surface area (Å²) in [6.45, 7) is 2.47. The number of nitriles is 2. The van der Waals surface area contributed by atoms with Crippen molar-refractivity contribution in [1.82, 2.24) is 9.78 Å². The van der Waals surface area contributed by atoms with E-state index >= 15 is 0 Å². The number of rotatable bonds is 5. The van der Waals surface area contributed by atoms with Crippen LogP contribution in [-0.2, 0) is 6.54 Å². The number of aromatic nitrogens is 2. The molecule has 0 fully saturated rings. The second-order valence-electron chi connectivity index (χ2n) is 5.72. The quantitative estimate of drug-likeness (QED) is 0.706. The lowest BCUT2D eigenvalue weighted by Gasteiger charge is -2.11. The third-order valence-electron chi connectivity index (χ3n) is 3.94. The highest BCUT2D eigenvalue weighted by Gasteiger charge is 2.15. The lowest BCUT2D eigenvalue weighted by molar-refractivity contribution is 0.859. The Hall–Kier alpha value is -3.83. The molecule has 0 saturated carbocycles. The number of benzene rings is 2. The van der Waals surface area contributed by atoms with Crippen LogP contribution in [0.5, 0.6) is 0 Å². The fourth-order valence-corrected chi connectivity index (χ4v) is 2.65. The van der Waals surface area contributed by atoms with Crippen LogP contribution in [0.1, 0.15) is 16.8 Å². The van der Waals surface area contributed by atoms with Gasteiger partial charge in [-0.05, 0) is 30.7 Å². The van der Waals surface area contributed by atoms with Crippen molar-refractivity contribution in [1.29, 1.82) is 10.5 Å². The summed E-state index contributed by atoms with van der Waals surface area (Å²) in [7, 11) is 0. The molecule has 0 aliphatic rings. The average molecular weight is 339 g/mol. The van der Waals surface area contributed by atoms with Crippen molar-refractivity contribution in [2.24, 2.45) is 0 Å². The van der Waals surface area contributed by atoms with Crippen molar-refractivity contribution in [2.45, 2.75) is 13.5 Å². The van der Waals surface area contributed by atoms with E-state index in [0.717, 1.165) is 28.3 Å². The molecule has 0 radical (unpaired) electrons. The van der Waals surface area contributed by atoms with Crippen LogP contribution >= 0.6 is 0 Å². The maximum Gasteiger partial charge on any atom is 0.137 e. The molecule has 0 amide bonds. The summed E-state index contributed by atoms with van der Waals surface area (Å²) in [5.74, 6) is 0.751. The van der Waals surface area contributed by atoms with Gasteiger partial charge in [-0.3, -0.25) is 0 Å². The summed E-state index contributed by atoms with van der Waals surface area (Å²) in [6.07, 6.45) is 1.58. The number of nitrogens with one attached hydrogen (secondary N) is 1. The second kappa shape index (κ2) is 7.83. The number of aryl methyl sites for hydroxylation is 1. The van der Waals surface area contributed by atoms with Gasteiger partial charge in [0.05, 0.1) is 11.4 Å². The first-order valence-electron chi connectivity index (χ1n) is 8.17. The maximum atomic E-state index is 9.11. The van der Waals surface area contributed by atoms with Gasteiger partial charge in [0.25, 0.3) is 0 Å². The first-order chi connectivity index (χ1) is 12.7. The van der Waals surface area contributed by atoms with Crippen LogP contribution in [0, 0.1) is 29.6 Å². The molecule has 3 rings (SSSR count). The second-order valence-corrected chi connectivity index (χ2v) is 5.72. The summed E-state index contributed by atoms with van der Waals surface area (Å²) in [4.78, 5) is 0. The van der Waals surface area contributed by atoms with Gasteiger partial charge in [-0.2, -0.15) is 15.6 Å². The van der Waals surface area contributed by atoms with Gasteiger partial charge in [0.15, 0.2) is 0 Å². The number of anilines is 1. The Kier molecular flexibility index (Phi) is 5.12. The van der Waals surface area contributed by atoms with Gasteiger partial charge in [0.1, 0.15) is 23.5 Å². The maximum absolute atomic E-state index is 9.11. The third kappa shape index (κ3) is 3.63. The first-order valence-corrected chi connectivity index (χ1v) is 8.17. The minimum Gasteiger partial charge on any atom is -0.365 e. The van der Waals surface area contributed by atoms with E-state index in [9.17, 15) is 0 Å². The van der Waals surface area contributed by atoms with E-state index < -0.39 is 0 Å². The van der Waals surface area contributed by atoms with Gasteiger partial charge >= 0.3 is 0 Å². The Balaban J connectivity index is 2.07. The minimum atomic E-state index is 0.0449. The number of nitrogens with zero attached hydrogens (tertiary/aromatic N) is 4. The molecule has 3 aromatic rings. The van der Waals surface area contributed by atoms with Gasteiger partial charge in [0.2, 0.25) is 0 Å². The molecule has 0 atom stereocenters. The molecule has 0 aliphatic heterocycles. The highest BCUT2D eigenvalue weighted by atomic mass is 15.3. The van der Waals surface area contributed by atoms with Crippen LogP contribution in [0.3, 0.4) is 0 Å². The molecule has 0 spiro atoms. The normalized spacial score (nSPS) is 9.81. The average Bonchev–Trinajstić information content (AvgIpc) is 3.01. The number of hydrogen-bond donors (Lipinski definition) is 1. The van der Waals surface area contributed by atoms with Gasteiger partial charge in [-0.25, -0.2) is 4.68 Å². The molecule has 0 saturated heterocycles. The van der Waals surface area contributed by atoms with Crippen LogP contribution in [0.25, 0.3) is 11.8 Å². The van der Waals surface area contributed by atoms with Crippen LogP contribution < -0.4 is 5.32 Å². The van der Waals surface area contributed by atoms with Crippen molar-refractivity contribution < 1.29 is 0 Å². The summed E-state index contributed by atoms with van der Waals surface area (Å²) >= 11 is 0. The lowest BCUT2D eigenvalue weighted by Crippen LogP contribution is -2.07. The Morgan fingerprint density at radius 1 is 1.04 bits per heavy atom. The molecular formula is C21H17N5. The molecule has 5 heteroatoms. The fourth-order valence-electron chi connectivity index (χ4n) is 2.65. The Bertz CT molecular complexity index is 986. The molecule has 0 bridgehead atoms. The summed E-state index contributed by atoms with van der Waals surface area (Å²) in [5.41, 5.74) is 3.56. The van der Waals surface area contributed by atoms with Gasteiger partial charge in [-0.1, -0.05) is 48.5 Å². The van der Waals surface area contributed by atoms with Gasteiger partial charge in [0, 0.05) is 12.1 Å². The standard InChI is InChI=1S/C21H17N5/c1-16-20(12-18(13-22)14-23)21(24-15-17-8-4-2-5-9-17)26(25-16)19-10-6-3-7-11-19/h2-12,24H,15H2,1H3. The van der Waals surface area contributed by atoms with Gasteiger partial charge in [-0.15, -0.1) is 0 Å². The van der Waals surface area contributed by atoms with E-state index in [1.54, 1.807) is 10.8 Å². The molecule has 1 aromatic heterocycles. The Labute approximate surface area is 152 Å². The monoisotopic (exact) mass is 339 g/mol. The molecule has 126 valence electrons. The van der Waals surface area contributed by atoms with Crippen LogP contribution in [0.2, 0.25) is 0 Å². The lowest BCUT2D eigenvalue weighted by atomic mass is 10.1. The summed E-state index contributed by atoms with van der Waals surface area (Å²) in [5, 5.41) is 26.2. The SMILES string of the molecule is Cc1nn(-c2ccccc2)c(NCc2ccccc2)c1C=C(C#N)C#N. The fraction of sp³-hybridized carbons (Fsp3) is 0.0952. The molecule has 5 nitrogen and oxygen atoms in total. The topological polar surface area (TPSA) is 77.4 Å². The first kappa shape index (κ1) is 17.0. The van der Waals surface area contributed by atoms with Crippen LogP contribution in [0.4, 0.5) is 5.82 Å². The van der Waals surface area contributed by atoms with Crippen molar-refractivity contribution >= 4 is 11.9 Å². The zero-order valence-electron chi connectivity index (χ0n) is 14.3. The van der Waals surface area contributed by atoms with E-state index in [4.69, 9.17) is 10.5 Å². The molecular weight excluding hydrogens is 322 g/mol. The van der Waals surface area contributed by atoms with Crippen molar-refractivity contribution in [3.63, 3.8) is 0 Å². The zero-order valence-corrected chi connectivity index (χ0v) is 14.3. The molecule has 0 unspecified atom stereocenters. The molecule has 1 heterocycles. The number of allylic oxidation sites excluding steroid dienone is 1. The summed E-state index contributed by atoms with van der Waals surface area (Å²) in [6, 6.07) is 23.6. The number of hydrogen-bond acceptors (Lipinski definition) is 4. The van der Waals surface area contributed by atoms with E-state index in [-0.39, 0.29) is 5.57 Å². The van der Waals surface area contributed by atoms with E-state index in [1.165, 1.54) is 0 Å². The summed E-state index contributed by atoms with van der Waals surface area (Å²) < 4.78 is 1.80. The highest BCUT2D eigenvalue weighted by Crippen LogP contribution is 2.26. The zero-order chi connectivity index (χ0) is 18.4. The smallest absolute Gasteiger partial charge is 0.137 e. The van der Waals surface area contributed by atoms with E-state index in [2.05, 4.69) is 10.4 Å². The van der Waals surface area contributed by atoms with Crippen LogP contribution in [-0.4, -0.2) is 9.78 Å². The third-order valence-corrected chi connectivity index (χ3v) is 3.94. The number of para-hydroxylation sites is 1. The predicted molar refractivity (Wildman–Crippen MR) is 101 cm³/mol. The largest absolute Gasteiger partial charge is 0.365 e. The molecule has 26 heavy (non-hydrogen) atoms. The van der Waals surface area contributed by atoms with Gasteiger partial charge < -0.3 is 5.32 Å². The molecule has 1 N–H and O–H groups in total. The molecule has 2 aromatic carbocycles. The Morgan fingerprint density at radius 3 is 2.27 bits per heavy atom.